The molecule has 10 heavy (non-hydrogen) atoms. The van der Waals surface area contributed by atoms with Crippen molar-refractivity contribution in [1.82, 2.24) is 5.32 Å². The van der Waals surface area contributed by atoms with Gasteiger partial charge in [0.05, 0.1) is 0 Å². The predicted molar refractivity (Wildman–Crippen MR) is 54.6 cm³/mol. The molecule has 0 spiro atoms. The third kappa shape index (κ3) is 15.9. The van der Waals surface area contributed by atoms with E-state index in [0.717, 1.165) is 19.5 Å². The van der Waals surface area contributed by atoms with Crippen LogP contribution >= 0.6 is 37.4 Å². The van der Waals surface area contributed by atoms with Gasteiger partial charge in [-0.05, 0) is 26.4 Å². The highest BCUT2D eigenvalue weighted by atomic mass is 35.5. The molecule has 0 fully saturated rings. The van der Waals surface area contributed by atoms with Crippen molar-refractivity contribution in [1.29, 1.82) is 0 Å². The molecule has 0 rings (SSSR count). The zero-order valence-corrected chi connectivity index (χ0v) is 8.57. The summed E-state index contributed by atoms with van der Waals surface area (Å²) >= 11 is 4.12. The molecule has 5 heteroatoms. The summed E-state index contributed by atoms with van der Waals surface area (Å²) in [5.41, 5.74) is 5.25. The van der Waals surface area contributed by atoms with Gasteiger partial charge in [-0.15, -0.1) is 24.8 Å². The molecule has 1 unspecified atom stereocenters. The van der Waals surface area contributed by atoms with E-state index in [0.29, 0.717) is 5.37 Å². The zero-order chi connectivity index (χ0) is 6.41. The Morgan fingerprint density at radius 1 is 1.50 bits per heavy atom. The Hall–Kier alpha value is 0.850. The second-order valence-electron chi connectivity index (χ2n) is 1.77. The Kier molecular flexibility index (Phi) is 21.4. The first-order valence-corrected chi connectivity index (χ1v) is 3.40. The average molecular weight is 207 g/mol. The normalized spacial score (nSPS) is 11.1. The molecule has 0 saturated carbocycles. The van der Waals surface area contributed by atoms with Crippen molar-refractivity contribution in [2.75, 3.05) is 13.1 Å². The maximum Gasteiger partial charge on any atom is 0.0473 e. The highest BCUT2D eigenvalue weighted by molar-refractivity contribution is 7.80. The van der Waals surface area contributed by atoms with Crippen LogP contribution in [0.5, 0.6) is 0 Å². The van der Waals surface area contributed by atoms with E-state index in [-0.39, 0.29) is 24.8 Å². The van der Waals surface area contributed by atoms with Gasteiger partial charge in [-0.1, -0.05) is 0 Å². The number of halogens is 2. The van der Waals surface area contributed by atoms with E-state index < -0.39 is 0 Å². The first-order chi connectivity index (χ1) is 3.77. The van der Waals surface area contributed by atoms with Gasteiger partial charge in [0.25, 0.3) is 0 Å². The minimum absolute atomic E-state index is 0. The maximum atomic E-state index is 5.25. The van der Waals surface area contributed by atoms with E-state index in [2.05, 4.69) is 17.9 Å². The molecule has 0 aromatic carbocycles. The quantitative estimate of drug-likeness (QED) is 0.366. The summed E-state index contributed by atoms with van der Waals surface area (Å²) in [7, 11) is 0. The Labute approximate surface area is 80.6 Å². The number of rotatable bonds is 4. The van der Waals surface area contributed by atoms with E-state index in [1.54, 1.807) is 0 Å². The van der Waals surface area contributed by atoms with Crippen LogP contribution in [0, 0.1) is 0 Å². The van der Waals surface area contributed by atoms with E-state index in [1.165, 1.54) is 0 Å². The second-order valence-corrected chi connectivity index (χ2v) is 2.55. The second kappa shape index (κ2) is 12.5. The Bertz CT molecular complexity index is 54.9. The van der Waals surface area contributed by atoms with Crippen LogP contribution in [0.15, 0.2) is 0 Å². The lowest BCUT2D eigenvalue weighted by atomic mass is 10.4. The molecule has 3 N–H and O–H groups in total. The standard InChI is InChI=1S/C5H14N2S.2ClH/c1-5(8)7-4-2-3-6;;/h5,7-8H,2-4,6H2,1H3;2*1H. The molecule has 0 aromatic rings. The molecule has 0 aliphatic heterocycles. The fourth-order valence-corrected chi connectivity index (χ4v) is 0.542. The van der Waals surface area contributed by atoms with Crippen LogP contribution in [-0.2, 0) is 0 Å². The van der Waals surface area contributed by atoms with E-state index in [9.17, 15) is 0 Å². The molecule has 0 aliphatic rings. The van der Waals surface area contributed by atoms with Gasteiger partial charge in [-0.2, -0.15) is 12.6 Å². The van der Waals surface area contributed by atoms with Crippen molar-refractivity contribution < 1.29 is 0 Å². The SMILES string of the molecule is CC(S)NCCCN.Cl.Cl. The van der Waals surface area contributed by atoms with Crippen LogP contribution in [-0.4, -0.2) is 18.5 Å². The molecule has 0 amide bonds. The molecule has 66 valence electrons. The van der Waals surface area contributed by atoms with Crippen molar-refractivity contribution in [2.45, 2.75) is 18.7 Å². The molecule has 1 atom stereocenters. The minimum atomic E-state index is 0. The van der Waals surface area contributed by atoms with Crippen molar-refractivity contribution in [3.8, 4) is 0 Å². The highest BCUT2D eigenvalue weighted by Crippen LogP contribution is 1.84. The first-order valence-electron chi connectivity index (χ1n) is 2.89. The molecular weight excluding hydrogens is 191 g/mol. The van der Waals surface area contributed by atoms with E-state index >= 15 is 0 Å². The van der Waals surface area contributed by atoms with Gasteiger partial charge in [0.1, 0.15) is 0 Å². The summed E-state index contributed by atoms with van der Waals surface area (Å²) in [6.07, 6.45) is 1.03. The lowest BCUT2D eigenvalue weighted by Crippen LogP contribution is -2.23. The molecule has 0 heterocycles. The van der Waals surface area contributed by atoms with E-state index in [1.807, 2.05) is 6.92 Å². The van der Waals surface area contributed by atoms with Gasteiger partial charge in [-0.25, -0.2) is 0 Å². The van der Waals surface area contributed by atoms with Crippen molar-refractivity contribution >= 4 is 37.4 Å². The number of hydrogen-bond acceptors (Lipinski definition) is 3. The number of nitrogens with two attached hydrogens (primary N) is 1. The smallest absolute Gasteiger partial charge is 0.0473 e. The maximum absolute atomic E-state index is 5.25. The van der Waals surface area contributed by atoms with Gasteiger partial charge in [-0.3, -0.25) is 0 Å². The highest BCUT2D eigenvalue weighted by Gasteiger charge is 1.88. The lowest BCUT2D eigenvalue weighted by Gasteiger charge is -2.04. The molecule has 0 aliphatic carbocycles. The Morgan fingerprint density at radius 2 is 2.00 bits per heavy atom. The molecule has 0 saturated heterocycles. The van der Waals surface area contributed by atoms with E-state index in [4.69, 9.17) is 5.73 Å². The van der Waals surface area contributed by atoms with Gasteiger partial charge >= 0.3 is 0 Å². The zero-order valence-electron chi connectivity index (χ0n) is 6.04. The van der Waals surface area contributed by atoms with Crippen molar-refractivity contribution in [3.63, 3.8) is 0 Å². The average Bonchev–Trinajstić information content (AvgIpc) is 1.66. The summed E-state index contributed by atoms with van der Waals surface area (Å²) < 4.78 is 0. The molecule has 0 aromatic heterocycles. The van der Waals surface area contributed by atoms with Crippen LogP contribution in [0.1, 0.15) is 13.3 Å². The Morgan fingerprint density at radius 3 is 2.30 bits per heavy atom. The fraction of sp³-hybridized carbons (Fsp3) is 1.00. The largest absolute Gasteiger partial charge is 0.330 e. The van der Waals surface area contributed by atoms with Crippen LogP contribution in [0.4, 0.5) is 0 Å². The van der Waals surface area contributed by atoms with Gasteiger partial charge in [0, 0.05) is 5.37 Å². The van der Waals surface area contributed by atoms with Crippen LogP contribution < -0.4 is 11.1 Å². The summed E-state index contributed by atoms with van der Waals surface area (Å²) in [5, 5.41) is 3.42. The first kappa shape index (κ1) is 17.1. The van der Waals surface area contributed by atoms with Gasteiger partial charge in [0.15, 0.2) is 0 Å². The van der Waals surface area contributed by atoms with Crippen molar-refractivity contribution in [3.05, 3.63) is 0 Å². The summed E-state index contributed by atoms with van der Waals surface area (Å²) in [5.74, 6) is 0. The number of thiol groups is 1. The molecule has 2 nitrogen and oxygen atoms in total. The summed E-state index contributed by atoms with van der Waals surface area (Å²) in [4.78, 5) is 0. The van der Waals surface area contributed by atoms with Crippen LogP contribution in [0.2, 0.25) is 0 Å². The summed E-state index contributed by atoms with van der Waals surface area (Å²) in [6, 6.07) is 0. The van der Waals surface area contributed by atoms with Crippen LogP contribution in [0.25, 0.3) is 0 Å². The van der Waals surface area contributed by atoms with Gasteiger partial charge < -0.3 is 11.1 Å². The predicted octanol–water partition coefficient (Wildman–Crippen LogP) is 1.04. The molecular formula is C5H16Cl2N2S. The van der Waals surface area contributed by atoms with Crippen molar-refractivity contribution in [2.24, 2.45) is 5.73 Å². The fourth-order valence-electron chi connectivity index (χ4n) is 0.413. The number of hydrogen-bond donors (Lipinski definition) is 3. The summed E-state index contributed by atoms with van der Waals surface area (Å²) in [6.45, 7) is 3.73. The number of nitrogens with one attached hydrogen (secondary N) is 1. The van der Waals surface area contributed by atoms with Crippen LogP contribution in [0.3, 0.4) is 0 Å². The molecule has 0 bridgehead atoms. The monoisotopic (exact) mass is 206 g/mol. The minimum Gasteiger partial charge on any atom is -0.330 e. The topological polar surface area (TPSA) is 38.0 Å². The lowest BCUT2D eigenvalue weighted by molar-refractivity contribution is 0.654. The Balaban J connectivity index is -0.000000245. The van der Waals surface area contributed by atoms with Gasteiger partial charge in [0.2, 0.25) is 0 Å². The third-order valence-electron chi connectivity index (χ3n) is 0.821. The molecule has 0 radical (unpaired) electrons. The third-order valence-corrected chi connectivity index (χ3v) is 1.00.